The van der Waals surface area contributed by atoms with Crippen LogP contribution >= 0.6 is 22.7 Å². The summed E-state index contributed by atoms with van der Waals surface area (Å²) in [7, 11) is 0. The summed E-state index contributed by atoms with van der Waals surface area (Å²) in [5.41, 5.74) is 2.81. The zero-order valence-corrected chi connectivity index (χ0v) is 15.6. The van der Waals surface area contributed by atoms with E-state index >= 15 is 0 Å². The zero-order valence-electron chi connectivity index (χ0n) is 13.9. The van der Waals surface area contributed by atoms with E-state index in [0.29, 0.717) is 0 Å². The molecule has 2 aromatic heterocycles. The lowest BCUT2D eigenvalue weighted by Gasteiger charge is -2.28. The number of hydrogen-bond donors (Lipinski definition) is 0. The Morgan fingerprint density at radius 3 is 2.33 bits per heavy atom. The van der Waals surface area contributed by atoms with Crippen LogP contribution in [0.5, 0.6) is 0 Å². The van der Waals surface area contributed by atoms with Crippen molar-refractivity contribution in [3.05, 3.63) is 46.8 Å². The summed E-state index contributed by atoms with van der Waals surface area (Å²) in [6.45, 7) is 2.32. The van der Waals surface area contributed by atoms with Crippen LogP contribution in [0.3, 0.4) is 0 Å². The zero-order chi connectivity index (χ0) is 16.5. The molecule has 1 fully saturated rings. The fourth-order valence-electron chi connectivity index (χ4n) is 3.86. The summed E-state index contributed by atoms with van der Waals surface area (Å²) in [6.07, 6.45) is 6.83. The topological polar surface area (TPSA) is 23.8 Å². The summed E-state index contributed by atoms with van der Waals surface area (Å²) < 4.78 is 2.46. The van der Waals surface area contributed by atoms with Gasteiger partial charge in [0.05, 0.1) is 0 Å². The van der Waals surface area contributed by atoms with Gasteiger partial charge in [-0.2, -0.15) is 5.26 Å². The van der Waals surface area contributed by atoms with Crippen LogP contribution in [0, 0.1) is 17.2 Å². The molecule has 1 aliphatic carbocycles. The number of fused-ring (bicyclic) bond motifs is 1. The van der Waals surface area contributed by atoms with Crippen LogP contribution in [0.1, 0.15) is 55.4 Å². The second-order valence-corrected chi connectivity index (χ2v) is 8.98. The molecule has 0 saturated heterocycles. The Hall–Kier alpha value is -1.63. The molecule has 0 atom stereocenters. The number of rotatable bonds is 3. The molecule has 4 rings (SSSR count). The molecule has 122 valence electrons. The first kappa shape index (κ1) is 15.9. The minimum absolute atomic E-state index is 0.756. The largest absolute Gasteiger partial charge is 0.192 e. The van der Waals surface area contributed by atoms with E-state index in [0.717, 1.165) is 16.7 Å². The summed E-state index contributed by atoms with van der Waals surface area (Å²) in [5.74, 6) is 1.71. The van der Waals surface area contributed by atoms with Crippen LogP contribution in [0.15, 0.2) is 36.4 Å². The molecule has 1 nitrogen and oxygen atoms in total. The van der Waals surface area contributed by atoms with Gasteiger partial charge in [-0.25, -0.2) is 0 Å². The normalized spacial score (nSPS) is 21.0. The minimum atomic E-state index is 0.756. The van der Waals surface area contributed by atoms with Gasteiger partial charge in [0.2, 0.25) is 0 Å². The van der Waals surface area contributed by atoms with Crippen molar-refractivity contribution in [2.45, 2.75) is 44.9 Å². The van der Waals surface area contributed by atoms with Crippen molar-refractivity contribution < 1.29 is 0 Å². The third-order valence-electron chi connectivity index (χ3n) is 5.41. The highest BCUT2D eigenvalue weighted by Crippen LogP contribution is 2.40. The highest BCUT2D eigenvalue weighted by atomic mass is 32.1. The summed E-state index contributed by atoms with van der Waals surface area (Å²) >= 11 is 3.38. The molecule has 0 amide bonds. The Balaban J connectivity index is 1.52. The molecule has 0 spiro atoms. The van der Waals surface area contributed by atoms with Gasteiger partial charge in [-0.15, -0.1) is 22.7 Å². The molecule has 1 aliphatic rings. The SMILES string of the molecule is CC[C@H]1CC[C@H](c2ccc(-c3cc4sc(C#N)cc4s3)cc2)CC1. The van der Waals surface area contributed by atoms with Gasteiger partial charge in [0, 0.05) is 14.3 Å². The van der Waals surface area contributed by atoms with Gasteiger partial charge in [-0.05, 0) is 60.8 Å². The lowest BCUT2D eigenvalue weighted by molar-refractivity contribution is 0.319. The average molecular weight is 352 g/mol. The van der Waals surface area contributed by atoms with Crippen molar-refractivity contribution in [2.75, 3.05) is 0 Å². The fraction of sp³-hybridized carbons (Fsp3) is 0.381. The highest BCUT2D eigenvalue weighted by molar-refractivity contribution is 7.29. The monoisotopic (exact) mass is 351 g/mol. The standard InChI is InChI=1S/C21H21NS2/c1-2-14-3-5-15(6-4-14)16-7-9-17(10-8-16)19-12-21-20(24-19)11-18(13-22)23-21/h7-12,14-15H,2-6H2,1H3/t14-,15-. The van der Waals surface area contributed by atoms with Crippen molar-refractivity contribution in [3.63, 3.8) is 0 Å². The maximum atomic E-state index is 8.99. The van der Waals surface area contributed by atoms with Gasteiger partial charge in [0.15, 0.2) is 0 Å². The lowest BCUT2D eigenvalue weighted by Crippen LogP contribution is -2.12. The minimum Gasteiger partial charge on any atom is -0.192 e. The molecule has 0 bridgehead atoms. The van der Waals surface area contributed by atoms with Crippen molar-refractivity contribution in [2.24, 2.45) is 5.92 Å². The smallest absolute Gasteiger partial charge is 0.110 e. The molecule has 3 aromatic rings. The Labute approximate surface area is 151 Å². The molecule has 3 heteroatoms. The molecule has 24 heavy (non-hydrogen) atoms. The van der Waals surface area contributed by atoms with Crippen LogP contribution in [0.4, 0.5) is 0 Å². The molecule has 0 N–H and O–H groups in total. The Morgan fingerprint density at radius 2 is 1.71 bits per heavy atom. The first-order chi connectivity index (χ1) is 11.8. The summed E-state index contributed by atoms with van der Waals surface area (Å²) in [4.78, 5) is 2.11. The van der Waals surface area contributed by atoms with Crippen LogP contribution in [-0.2, 0) is 0 Å². The van der Waals surface area contributed by atoms with E-state index in [2.05, 4.69) is 43.3 Å². The average Bonchev–Trinajstić information content (AvgIpc) is 3.20. The number of nitrogens with zero attached hydrogens (tertiary/aromatic N) is 1. The molecule has 0 unspecified atom stereocenters. The van der Waals surface area contributed by atoms with E-state index in [1.54, 1.807) is 22.7 Å². The third kappa shape index (κ3) is 3.01. The van der Waals surface area contributed by atoms with E-state index in [4.69, 9.17) is 5.26 Å². The molecule has 2 heterocycles. The van der Waals surface area contributed by atoms with E-state index in [1.165, 1.54) is 57.5 Å². The molecule has 1 aromatic carbocycles. The summed E-state index contributed by atoms with van der Waals surface area (Å²) in [6, 6.07) is 15.7. The first-order valence-corrected chi connectivity index (χ1v) is 10.4. The van der Waals surface area contributed by atoms with Gasteiger partial charge >= 0.3 is 0 Å². The molecule has 0 aliphatic heterocycles. The summed E-state index contributed by atoms with van der Waals surface area (Å²) in [5, 5.41) is 8.99. The number of nitriles is 1. The fourth-order valence-corrected chi connectivity index (χ4v) is 6.06. The Kier molecular flexibility index (Phi) is 4.43. The Bertz CT molecular complexity index is 839. The lowest BCUT2D eigenvalue weighted by atomic mass is 9.78. The van der Waals surface area contributed by atoms with Crippen molar-refractivity contribution in [1.82, 2.24) is 0 Å². The van der Waals surface area contributed by atoms with Crippen molar-refractivity contribution >= 4 is 32.1 Å². The first-order valence-electron chi connectivity index (χ1n) is 8.80. The van der Waals surface area contributed by atoms with Crippen molar-refractivity contribution in [3.8, 4) is 16.5 Å². The van der Waals surface area contributed by atoms with Crippen LogP contribution < -0.4 is 0 Å². The highest BCUT2D eigenvalue weighted by Gasteiger charge is 2.21. The predicted molar refractivity (Wildman–Crippen MR) is 105 cm³/mol. The predicted octanol–water partition coefficient (Wildman–Crippen LogP) is 7.19. The van der Waals surface area contributed by atoms with Crippen LogP contribution in [0.25, 0.3) is 19.8 Å². The molecule has 1 saturated carbocycles. The van der Waals surface area contributed by atoms with Gasteiger partial charge < -0.3 is 0 Å². The van der Waals surface area contributed by atoms with Crippen LogP contribution in [0.2, 0.25) is 0 Å². The molecular formula is C21H21NS2. The quantitative estimate of drug-likeness (QED) is 0.490. The van der Waals surface area contributed by atoms with Crippen LogP contribution in [-0.4, -0.2) is 0 Å². The van der Waals surface area contributed by atoms with Gasteiger partial charge in [0.25, 0.3) is 0 Å². The van der Waals surface area contributed by atoms with Gasteiger partial charge in [-0.3, -0.25) is 0 Å². The van der Waals surface area contributed by atoms with Gasteiger partial charge in [-0.1, -0.05) is 37.6 Å². The maximum absolute atomic E-state index is 8.99. The molecular weight excluding hydrogens is 330 g/mol. The molecule has 0 radical (unpaired) electrons. The maximum Gasteiger partial charge on any atom is 0.110 e. The number of thiophene rings is 2. The van der Waals surface area contributed by atoms with E-state index < -0.39 is 0 Å². The second-order valence-electron chi connectivity index (χ2n) is 6.81. The van der Waals surface area contributed by atoms with Gasteiger partial charge in [0.1, 0.15) is 10.9 Å². The van der Waals surface area contributed by atoms with E-state index in [-0.39, 0.29) is 0 Å². The Morgan fingerprint density at radius 1 is 1.00 bits per heavy atom. The third-order valence-corrected chi connectivity index (χ3v) is 7.66. The number of hydrogen-bond acceptors (Lipinski definition) is 3. The van der Waals surface area contributed by atoms with E-state index in [9.17, 15) is 0 Å². The van der Waals surface area contributed by atoms with E-state index in [1.807, 2.05) is 6.07 Å². The number of benzene rings is 1. The van der Waals surface area contributed by atoms with Crippen molar-refractivity contribution in [1.29, 1.82) is 5.26 Å². The second kappa shape index (κ2) is 6.70.